The van der Waals surface area contributed by atoms with Crippen molar-refractivity contribution in [3.05, 3.63) is 77.6 Å². The van der Waals surface area contributed by atoms with E-state index in [1.54, 1.807) is 14.2 Å². The van der Waals surface area contributed by atoms with E-state index in [0.717, 1.165) is 52.8 Å². The van der Waals surface area contributed by atoms with E-state index in [-0.39, 0.29) is 6.04 Å². The number of fused-ring (bicyclic) bond motifs is 1. The number of hydrogen-bond acceptors (Lipinski definition) is 6. The van der Waals surface area contributed by atoms with Crippen LogP contribution in [-0.2, 0) is 0 Å². The highest BCUT2D eigenvalue weighted by Crippen LogP contribution is 2.39. The summed E-state index contributed by atoms with van der Waals surface area (Å²) in [6.07, 6.45) is 2.30. The molecule has 0 unspecified atom stereocenters. The lowest BCUT2D eigenvalue weighted by atomic mass is 9.98. The normalized spacial score (nSPS) is 13.6. The Morgan fingerprint density at radius 3 is 2.17 bits per heavy atom. The smallest absolute Gasteiger partial charge is 0.178 e. The number of nitrogens with one attached hydrogen (secondary N) is 1. The Labute approximate surface area is 174 Å². The molecule has 1 aliphatic carbocycles. The molecule has 1 saturated carbocycles. The molecule has 4 aromatic rings. The Kier molecular flexibility index (Phi) is 4.71. The standard InChI is InChI=1S/C23H23N5O2/c1-29-18-7-3-5-16(13-18)22(17-6-4-8-19(14-17)30-2)24-20-11-12-21-25-26-23(15-9-10-15)28(21)27-20/h3-8,11-15,22H,9-10H2,1-2H3,(H,24,27). The summed E-state index contributed by atoms with van der Waals surface area (Å²) in [5, 5.41) is 17.0. The van der Waals surface area contributed by atoms with E-state index in [1.165, 1.54) is 0 Å². The second kappa shape index (κ2) is 7.67. The van der Waals surface area contributed by atoms with Crippen molar-refractivity contribution < 1.29 is 9.47 Å². The van der Waals surface area contributed by atoms with Crippen LogP contribution in [0.4, 0.5) is 5.82 Å². The fraction of sp³-hybridized carbons (Fsp3) is 0.261. The monoisotopic (exact) mass is 401 g/mol. The summed E-state index contributed by atoms with van der Waals surface area (Å²) in [4.78, 5) is 0. The molecule has 2 aromatic carbocycles. The molecular weight excluding hydrogens is 378 g/mol. The third-order valence-electron chi connectivity index (χ3n) is 5.38. The molecule has 0 amide bonds. The van der Waals surface area contributed by atoms with E-state index in [1.807, 2.05) is 53.0 Å². The molecule has 5 rings (SSSR count). The summed E-state index contributed by atoms with van der Waals surface area (Å²) in [7, 11) is 3.35. The van der Waals surface area contributed by atoms with Crippen LogP contribution in [0.25, 0.3) is 5.65 Å². The van der Waals surface area contributed by atoms with Crippen LogP contribution in [-0.4, -0.2) is 34.0 Å². The van der Waals surface area contributed by atoms with E-state index in [9.17, 15) is 0 Å². The Hall–Kier alpha value is -3.61. The lowest BCUT2D eigenvalue weighted by molar-refractivity contribution is 0.413. The third kappa shape index (κ3) is 3.54. The van der Waals surface area contributed by atoms with Gasteiger partial charge in [-0.15, -0.1) is 15.3 Å². The van der Waals surface area contributed by atoms with Gasteiger partial charge in [0.05, 0.1) is 20.3 Å². The summed E-state index contributed by atoms with van der Waals surface area (Å²) < 4.78 is 12.7. The quantitative estimate of drug-likeness (QED) is 0.500. The summed E-state index contributed by atoms with van der Waals surface area (Å²) in [6, 6.07) is 19.8. The fourth-order valence-electron chi connectivity index (χ4n) is 3.63. The van der Waals surface area contributed by atoms with Gasteiger partial charge in [0.2, 0.25) is 0 Å². The predicted molar refractivity (Wildman–Crippen MR) is 114 cm³/mol. The molecule has 7 nitrogen and oxygen atoms in total. The van der Waals surface area contributed by atoms with Gasteiger partial charge < -0.3 is 14.8 Å². The van der Waals surface area contributed by atoms with Gasteiger partial charge in [-0.2, -0.15) is 4.52 Å². The molecular formula is C23H23N5O2. The highest BCUT2D eigenvalue weighted by molar-refractivity contribution is 5.50. The fourth-order valence-corrected chi connectivity index (χ4v) is 3.63. The zero-order chi connectivity index (χ0) is 20.5. The molecule has 0 saturated heterocycles. The topological polar surface area (TPSA) is 73.6 Å². The summed E-state index contributed by atoms with van der Waals surface area (Å²) in [5.74, 6) is 3.77. The highest BCUT2D eigenvalue weighted by atomic mass is 16.5. The second-order valence-corrected chi connectivity index (χ2v) is 7.45. The van der Waals surface area contributed by atoms with Crippen LogP contribution in [0, 0.1) is 0 Å². The lowest BCUT2D eigenvalue weighted by Gasteiger charge is -2.21. The van der Waals surface area contributed by atoms with Crippen LogP contribution >= 0.6 is 0 Å². The first-order chi connectivity index (χ1) is 14.7. The first-order valence-electron chi connectivity index (χ1n) is 10.0. The molecule has 7 heteroatoms. The minimum atomic E-state index is -0.138. The van der Waals surface area contributed by atoms with E-state index in [2.05, 4.69) is 27.6 Å². The maximum absolute atomic E-state index is 5.44. The molecule has 0 spiro atoms. The number of benzene rings is 2. The molecule has 1 fully saturated rings. The van der Waals surface area contributed by atoms with Gasteiger partial charge in [0, 0.05) is 5.92 Å². The largest absolute Gasteiger partial charge is 0.497 e. The Morgan fingerprint density at radius 1 is 0.900 bits per heavy atom. The van der Waals surface area contributed by atoms with Gasteiger partial charge in [-0.1, -0.05) is 24.3 Å². The van der Waals surface area contributed by atoms with Crippen molar-refractivity contribution in [1.29, 1.82) is 0 Å². The molecule has 0 bridgehead atoms. The molecule has 1 N–H and O–H groups in total. The second-order valence-electron chi connectivity index (χ2n) is 7.45. The molecule has 1 aliphatic rings. The maximum atomic E-state index is 5.44. The van der Waals surface area contributed by atoms with Gasteiger partial charge in [-0.3, -0.25) is 0 Å². The van der Waals surface area contributed by atoms with Crippen molar-refractivity contribution in [3.8, 4) is 11.5 Å². The number of methoxy groups -OCH3 is 2. The molecule has 152 valence electrons. The van der Waals surface area contributed by atoms with Gasteiger partial charge >= 0.3 is 0 Å². The summed E-state index contributed by atoms with van der Waals surface area (Å²) in [6.45, 7) is 0. The van der Waals surface area contributed by atoms with Crippen molar-refractivity contribution in [2.24, 2.45) is 0 Å². The van der Waals surface area contributed by atoms with Crippen molar-refractivity contribution >= 4 is 11.5 Å². The van der Waals surface area contributed by atoms with E-state index in [0.29, 0.717) is 5.92 Å². The lowest BCUT2D eigenvalue weighted by Crippen LogP contribution is -2.15. The first-order valence-corrected chi connectivity index (χ1v) is 10.0. The summed E-state index contributed by atoms with van der Waals surface area (Å²) in [5.41, 5.74) is 2.90. The van der Waals surface area contributed by atoms with Gasteiger partial charge in [0.25, 0.3) is 0 Å². The number of rotatable bonds is 7. The third-order valence-corrected chi connectivity index (χ3v) is 5.38. The SMILES string of the molecule is COc1cccc(C(Nc2ccc3nnc(C4CC4)n3n2)c2cccc(OC)c2)c1. The van der Waals surface area contributed by atoms with Gasteiger partial charge in [-0.05, 0) is 60.4 Å². The van der Waals surface area contributed by atoms with Crippen LogP contribution in [0.5, 0.6) is 11.5 Å². The van der Waals surface area contributed by atoms with Crippen molar-refractivity contribution in [2.75, 3.05) is 19.5 Å². The van der Waals surface area contributed by atoms with Gasteiger partial charge in [0.1, 0.15) is 17.3 Å². The molecule has 2 aromatic heterocycles. The Balaban J connectivity index is 1.55. The van der Waals surface area contributed by atoms with Crippen molar-refractivity contribution in [3.63, 3.8) is 0 Å². The molecule has 30 heavy (non-hydrogen) atoms. The number of aromatic nitrogens is 4. The Bertz CT molecular complexity index is 1140. The van der Waals surface area contributed by atoms with Gasteiger partial charge in [-0.25, -0.2) is 0 Å². The van der Waals surface area contributed by atoms with Crippen LogP contribution in [0.3, 0.4) is 0 Å². The van der Waals surface area contributed by atoms with Crippen LogP contribution in [0.15, 0.2) is 60.7 Å². The van der Waals surface area contributed by atoms with Gasteiger partial charge in [0.15, 0.2) is 11.5 Å². The number of hydrogen-bond donors (Lipinski definition) is 1. The van der Waals surface area contributed by atoms with Crippen molar-refractivity contribution in [1.82, 2.24) is 19.8 Å². The van der Waals surface area contributed by atoms with Crippen LogP contribution in [0.1, 0.15) is 41.8 Å². The average molecular weight is 401 g/mol. The maximum Gasteiger partial charge on any atom is 0.178 e. The number of anilines is 1. The van der Waals surface area contributed by atoms with Crippen LogP contribution in [0.2, 0.25) is 0 Å². The highest BCUT2D eigenvalue weighted by Gasteiger charge is 2.29. The summed E-state index contributed by atoms with van der Waals surface area (Å²) >= 11 is 0. The zero-order valence-electron chi connectivity index (χ0n) is 16.9. The zero-order valence-corrected chi connectivity index (χ0v) is 16.9. The van der Waals surface area contributed by atoms with E-state index in [4.69, 9.17) is 14.6 Å². The average Bonchev–Trinajstić information content (AvgIpc) is 3.56. The minimum absolute atomic E-state index is 0.138. The molecule has 2 heterocycles. The van der Waals surface area contributed by atoms with Crippen LogP contribution < -0.4 is 14.8 Å². The molecule has 0 aliphatic heterocycles. The predicted octanol–water partition coefficient (Wildman–Crippen LogP) is 4.22. The van der Waals surface area contributed by atoms with E-state index >= 15 is 0 Å². The molecule has 0 radical (unpaired) electrons. The number of ether oxygens (including phenoxy) is 2. The number of nitrogens with zero attached hydrogens (tertiary/aromatic N) is 4. The molecule has 0 atom stereocenters. The van der Waals surface area contributed by atoms with E-state index < -0.39 is 0 Å². The minimum Gasteiger partial charge on any atom is -0.497 e. The first kappa shape index (κ1) is 18.4. The van der Waals surface area contributed by atoms with Crippen molar-refractivity contribution in [2.45, 2.75) is 24.8 Å². The Morgan fingerprint density at radius 2 is 1.57 bits per heavy atom.